The first kappa shape index (κ1) is 27.8. The Labute approximate surface area is 241 Å². The third-order valence-electron chi connectivity index (χ3n) is 7.33. The Balaban J connectivity index is 1.35. The molecule has 0 aliphatic carbocycles. The van der Waals surface area contributed by atoms with E-state index < -0.39 is 0 Å². The molecule has 0 bridgehead atoms. The van der Waals surface area contributed by atoms with E-state index in [0.29, 0.717) is 35.6 Å². The highest BCUT2D eigenvalue weighted by Gasteiger charge is 2.29. The fraction of sp³-hybridized carbons (Fsp3) is 0.206. The van der Waals surface area contributed by atoms with Crippen LogP contribution in [0.2, 0.25) is 0 Å². The molecule has 0 atom stereocenters. The number of rotatable bonds is 7. The monoisotopic (exact) mass is 546 g/mol. The van der Waals surface area contributed by atoms with Crippen LogP contribution >= 0.6 is 0 Å². The minimum absolute atomic E-state index is 0.00126. The van der Waals surface area contributed by atoms with E-state index in [1.807, 2.05) is 98.7 Å². The molecule has 1 N–H and O–H groups in total. The molecule has 3 amide bonds. The summed E-state index contributed by atoms with van der Waals surface area (Å²) in [4.78, 5) is 45.5. The number of nitrogens with one attached hydrogen (secondary N) is 1. The number of aryl methyl sites for hydroxylation is 1. The zero-order valence-corrected chi connectivity index (χ0v) is 23.6. The average molecular weight is 547 g/mol. The summed E-state index contributed by atoms with van der Waals surface area (Å²) < 4.78 is 0. The van der Waals surface area contributed by atoms with E-state index in [-0.39, 0.29) is 24.1 Å². The van der Waals surface area contributed by atoms with Gasteiger partial charge in [0.25, 0.3) is 11.8 Å². The first-order chi connectivity index (χ1) is 19.8. The van der Waals surface area contributed by atoms with Gasteiger partial charge in [0, 0.05) is 42.9 Å². The quantitative estimate of drug-likeness (QED) is 0.315. The molecule has 0 radical (unpaired) electrons. The topological polar surface area (TPSA) is 73.0 Å². The van der Waals surface area contributed by atoms with E-state index in [2.05, 4.69) is 5.32 Å². The van der Waals surface area contributed by atoms with Gasteiger partial charge in [-0.1, -0.05) is 54.6 Å². The lowest BCUT2D eigenvalue weighted by Crippen LogP contribution is -2.36. The molecule has 7 nitrogen and oxygen atoms in total. The summed E-state index contributed by atoms with van der Waals surface area (Å²) in [6, 6.07) is 30.0. The molecule has 0 saturated heterocycles. The predicted octanol–water partition coefficient (Wildman–Crippen LogP) is 5.86. The Morgan fingerprint density at radius 2 is 1.44 bits per heavy atom. The summed E-state index contributed by atoms with van der Waals surface area (Å²) in [5.74, 6) is -0.415. The second-order valence-corrected chi connectivity index (χ2v) is 10.4. The highest BCUT2D eigenvalue weighted by molar-refractivity contribution is 6.12. The molecule has 41 heavy (non-hydrogen) atoms. The van der Waals surface area contributed by atoms with Crippen LogP contribution in [0.15, 0.2) is 97.1 Å². The number of carbonyl (C=O) groups is 3. The van der Waals surface area contributed by atoms with E-state index in [9.17, 15) is 14.4 Å². The van der Waals surface area contributed by atoms with E-state index in [1.54, 1.807) is 34.1 Å². The summed E-state index contributed by atoms with van der Waals surface area (Å²) in [6.07, 6.45) is 0.238. The summed E-state index contributed by atoms with van der Waals surface area (Å²) in [7, 11) is 3.94. The van der Waals surface area contributed by atoms with E-state index in [0.717, 1.165) is 28.9 Å². The molecule has 208 valence electrons. The molecule has 7 heteroatoms. The molecular formula is C34H34N4O3. The second kappa shape index (κ2) is 12.2. The Morgan fingerprint density at radius 3 is 2.15 bits per heavy atom. The maximum atomic E-state index is 13.7. The molecule has 1 aliphatic rings. The van der Waals surface area contributed by atoms with Crippen molar-refractivity contribution in [2.75, 3.05) is 48.8 Å². The van der Waals surface area contributed by atoms with Crippen LogP contribution in [-0.4, -0.2) is 56.4 Å². The van der Waals surface area contributed by atoms with Gasteiger partial charge in [0.05, 0.1) is 11.4 Å². The van der Waals surface area contributed by atoms with Crippen molar-refractivity contribution in [3.8, 4) is 11.1 Å². The minimum atomic E-state index is -0.222. The number of anilines is 3. The minimum Gasteiger partial charge on any atom is -0.322 e. The van der Waals surface area contributed by atoms with Gasteiger partial charge in [-0.15, -0.1) is 0 Å². The van der Waals surface area contributed by atoms with Crippen LogP contribution in [0.5, 0.6) is 0 Å². The number of benzene rings is 4. The molecule has 0 unspecified atom stereocenters. The van der Waals surface area contributed by atoms with E-state index in [1.165, 1.54) is 0 Å². The Bertz CT molecular complexity index is 1580. The van der Waals surface area contributed by atoms with Crippen molar-refractivity contribution in [1.82, 2.24) is 4.90 Å². The first-order valence-electron chi connectivity index (χ1n) is 13.8. The van der Waals surface area contributed by atoms with Crippen molar-refractivity contribution in [3.63, 3.8) is 0 Å². The van der Waals surface area contributed by atoms with Crippen LogP contribution in [0, 0.1) is 6.92 Å². The zero-order chi connectivity index (χ0) is 28.9. The summed E-state index contributed by atoms with van der Waals surface area (Å²) in [6.45, 7) is 3.59. The number of hydrogen-bond donors (Lipinski definition) is 1. The number of hydrogen-bond acceptors (Lipinski definition) is 4. The summed E-state index contributed by atoms with van der Waals surface area (Å²) in [5, 5.41) is 2.97. The molecule has 0 saturated carbocycles. The third-order valence-corrected chi connectivity index (χ3v) is 7.33. The summed E-state index contributed by atoms with van der Waals surface area (Å²) in [5.41, 5.74) is 6.06. The number of carbonyl (C=O) groups excluding carboxylic acids is 3. The molecule has 1 heterocycles. The van der Waals surface area contributed by atoms with Gasteiger partial charge in [-0.2, -0.15) is 0 Å². The normalized spacial score (nSPS) is 13.1. The highest BCUT2D eigenvalue weighted by atomic mass is 16.2. The predicted molar refractivity (Wildman–Crippen MR) is 165 cm³/mol. The maximum Gasteiger partial charge on any atom is 0.258 e. The van der Waals surface area contributed by atoms with Gasteiger partial charge in [-0.3, -0.25) is 14.4 Å². The summed E-state index contributed by atoms with van der Waals surface area (Å²) >= 11 is 0. The molecule has 4 aromatic carbocycles. The molecule has 5 rings (SSSR count). The standard InChI is InChI=1S/C34H34N4O3/c1-24-10-4-5-11-27(24)28-12-6-7-13-29(28)33(40)35-26-18-16-25(17-19-26)34(41)38-21-20-32(39)37(23-22-36(2)3)30-14-8-9-15-31(30)38/h4-19H,20-23H2,1-3H3,(H,35,40). The van der Waals surface area contributed by atoms with Crippen molar-refractivity contribution in [2.24, 2.45) is 0 Å². The first-order valence-corrected chi connectivity index (χ1v) is 13.8. The van der Waals surface area contributed by atoms with Gasteiger partial charge in [0.1, 0.15) is 0 Å². The lowest BCUT2D eigenvalue weighted by Gasteiger charge is -2.26. The van der Waals surface area contributed by atoms with Gasteiger partial charge in [-0.05, 0) is 80.2 Å². The molecule has 0 fully saturated rings. The van der Waals surface area contributed by atoms with Crippen LogP contribution in [0.3, 0.4) is 0 Å². The fourth-order valence-electron chi connectivity index (χ4n) is 5.12. The molecule has 4 aromatic rings. The zero-order valence-electron chi connectivity index (χ0n) is 23.6. The van der Waals surface area contributed by atoms with Crippen LogP contribution in [-0.2, 0) is 4.79 Å². The molecule has 0 spiro atoms. The van der Waals surface area contributed by atoms with Crippen LogP contribution < -0.4 is 15.1 Å². The number of para-hydroxylation sites is 2. The Morgan fingerprint density at radius 1 is 0.805 bits per heavy atom. The van der Waals surface area contributed by atoms with Crippen molar-refractivity contribution < 1.29 is 14.4 Å². The molecule has 1 aliphatic heterocycles. The van der Waals surface area contributed by atoms with Crippen molar-refractivity contribution in [3.05, 3.63) is 114 Å². The smallest absolute Gasteiger partial charge is 0.258 e. The molecule has 0 aromatic heterocycles. The third kappa shape index (κ3) is 6.05. The number of amides is 3. The van der Waals surface area contributed by atoms with Crippen molar-refractivity contribution >= 4 is 34.8 Å². The van der Waals surface area contributed by atoms with E-state index >= 15 is 0 Å². The van der Waals surface area contributed by atoms with Crippen molar-refractivity contribution in [1.29, 1.82) is 0 Å². The van der Waals surface area contributed by atoms with Gasteiger partial charge < -0.3 is 20.0 Å². The highest BCUT2D eigenvalue weighted by Crippen LogP contribution is 2.34. The van der Waals surface area contributed by atoms with E-state index in [4.69, 9.17) is 0 Å². The van der Waals surface area contributed by atoms with Gasteiger partial charge in [-0.25, -0.2) is 0 Å². The molecular weight excluding hydrogens is 512 g/mol. The number of likely N-dealkylation sites (N-methyl/N-ethyl adjacent to an activating group) is 1. The SMILES string of the molecule is Cc1ccccc1-c1ccccc1C(=O)Nc1ccc(C(=O)N2CCC(=O)N(CCN(C)C)c3ccccc32)cc1. The second-order valence-electron chi connectivity index (χ2n) is 10.4. The lowest BCUT2D eigenvalue weighted by molar-refractivity contribution is -0.118. The lowest BCUT2D eigenvalue weighted by atomic mass is 9.95. The van der Waals surface area contributed by atoms with Crippen LogP contribution in [0.4, 0.5) is 17.1 Å². The van der Waals surface area contributed by atoms with Gasteiger partial charge in [0.2, 0.25) is 5.91 Å². The van der Waals surface area contributed by atoms with Crippen molar-refractivity contribution in [2.45, 2.75) is 13.3 Å². The van der Waals surface area contributed by atoms with Gasteiger partial charge >= 0.3 is 0 Å². The number of nitrogens with zero attached hydrogens (tertiary/aromatic N) is 3. The Kier molecular flexibility index (Phi) is 8.26. The number of fused-ring (bicyclic) bond motifs is 1. The average Bonchev–Trinajstić information content (AvgIpc) is 3.12. The van der Waals surface area contributed by atoms with Gasteiger partial charge in [0.15, 0.2) is 0 Å². The Hall–Kier alpha value is -4.75. The largest absolute Gasteiger partial charge is 0.322 e. The fourth-order valence-corrected chi connectivity index (χ4v) is 5.12. The van der Waals surface area contributed by atoms with Crippen LogP contribution in [0.25, 0.3) is 11.1 Å². The maximum absolute atomic E-state index is 13.7. The van der Waals surface area contributed by atoms with Crippen LogP contribution in [0.1, 0.15) is 32.7 Å².